The Morgan fingerprint density at radius 1 is 0.923 bits per heavy atom. The van der Waals surface area contributed by atoms with Crippen LogP contribution in [0.25, 0.3) is 0 Å². The monoisotopic (exact) mass is 172 g/mol. The minimum Gasteiger partial charge on any atom is -0.0776 e. The Labute approximate surface area is 80.3 Å². The van der Waals surface area contributed by atoms with Gasteiger partial charge in [-0.05, 0) is 18.3 Å². The molecule has 0 aromatic rings. The zero-order chi connectivity index (χ0) is 9.26. The Hall–Kier alpha value is -1.04. The summed E-state index contributed by atoms with van der Waals surface area (Å²) in [5.41, 5.74) is 3.11. The predicted octanol–water partition coefficient (Wildman–Crippen LogP) is 3.64. The molecule has 2 aliphatic carbocycles. The highest BCUT2D eigenvalue weighted by atomic mass is 14.2. The standard InChI is InChI=1S/C13H16/c1-10-5-3-7-12(10)9-13-8-4-6-11(13)2/h3-8,10-11H,9H2,1-2H3. The molecule has 0 aromatic carbocycles. The van der Waals surface area contributed by atoms with E-state index in [0.717, 1.165) is 6.42 Å². The smallest absolute Gasteiger partial charge is 0.00422 e. The van der Waals surface area contributed by atoms with Crippen molar-refractivity contribution in [3.63, 3.8) is 0 Å². The van der Waals surface area contributed by atoms with Crippen LogP contribution in [0.4, 0.5) is 0 Å². The third-order valence-corrected chi connectivity index (χ3v) is 3.00. The van der Waals surface area contributed by atoms with Crippen molar-refractivity contribution in [3.05, 3.63) is 47.6 Å². The molecule has 0 aromatic heterocycles. The molecule has 68 valence electrons. The molecule has 0 heteroatoms. The molecular formula is C13H16. The van der Waals surface area contributed by atoms with Gasteiger partial charge in [0.1, 0.15) is 0 Å². The minimum atomic E-state index is 0.647. The summed E-state index contributed by atoms with van der Waals surface area (Å²) in [4.78, 5) is 0. The molecule has 2 aliphatic rings. The van der Waals surface area contributed by atoms with Gasteiger partial charge in [0.05, 0.1) is 0 Å². The SMILES string of the molecule is CC1C=CC=C1CC1=CC=CC1C. The topological polar surface area (TPSA) is 0 Å². The third-order valence-electron chi connectivity index (χ3n) is 3.00. The van der Waals surface area contributed by atoms with Crippen LogP contribution in [0.2, 0.25) is 0 Å². The van der Waals surface area contributed by atoms with E-state index in [1.165, 1.54) is 0 Å². The number of hydrogen-bond donors (Lipinski definition) is 0. The van der Waals surface area contributed by atoms with Crippen molar-refractivity contribution < 1.29 is 0 Å². The highest BCUT2D eigenvalue weighted by Gasteiger charge is 2.15. The molecule has 0 saturated carbocycles. The van der Waals surface area contributed by atoms with Crippen LogP contribution in [-0.4, -0.2) is 0 Å². The van der Waals surface area contributed by atoms with E-state index in [4.69, 9.17) is 0 Å². The fourth-order valence-electron chi connectivity index (χ4n) is 1.92. The first-order valence-corrected chi connectivity index (χ1v) is 5.02. The van der Waals surface area contributed by atoms with E-state index in [9.17, 15) is 0 Å². The van der Waals surface area contributed by atoms with E-state index in [2.05, 4.69) is 50.3 Å². The maximum atomic E-state index is 2.27. The van der Waals surface area contributed by atoms with Crippen LogP contribution < -0.4 is 0 Å². The maximum Gasteiger partial charge on any atom is -0.00422 e. The summed E-state index contributed by atoms with van der Waals surface area (Å²) in [5, 5.41) is 0. The first-order valence-electron chi connectivity index (χ1n) is 5.02. The lowest BCUT2D eigenvalue weighted by molar-refractivity contribution is 0.774. The zero-order valence-corrected chi connectivity index (χ0v) is 8.33. The van der Waals surface area contributed by atoms with Gasteiger partial charge in [0.25, 0.3) is 0 Å². The molecule has 0 heterocycles. The van der Waals surface area contributed by atoms with Gasteiger partial charge in [-0.15, -0.1) is 0 Å². The van der Waals surface area contributed by atoms with Gasteiger partial charge in [-0.1, -0.05) is 61.4 Å². The van der Waals surface area contributed by atoms with E-state index < -0.39 is 0 Å². The van der Waals surface area contributed by atoms with Gasteiger partial charge in [0, 0.05) is 0 Å². The average molecular weight is 172 g/mol. The van der Waals surface area contributed by atoms with E-state index in [-0.39, 0.29) is 0 Å². The number of rotatable bonds is 2. The number of hydrogen-bond acceptors (Lipinski definition) is 0. The zero-order valence-electron chi connectivity index (χ0n) is 8.33. The number of allylic oxidation sites excluding steroid dienone is 8. The van der Waals surface area contributed by atoms with Gasteiger partial charge >= 0.3 is 0 Å². The van der Waals surface area contributed by atoms with E-state index >= 15 is 0 Å². The first kappa shape index (κ1) is 8.55. The van der Waals surface area contributed by atoms with Gasteiger partial charge in [-0.3, -0.25) is 0 Å². The molecule has 0 nitrogen and oxygen atoms in total. The summed E-state index contributed by atoms with van der Waals surface area (Å²) in [6, 6.07) is 0. The average Bonchev–Trinajstić information content (AvgIpc) is 2.65. The van der Waals surface area contributed by atoms with E-state index in [0.29, 0.717) is 11.8 Å². The van der Waals surface area contributed by atoms with Crippen LogP contribution in [-0.2, 0) is 0 Å². The molecule has 0 amide bonds. The van der Waals surface area contributed by atoms with Crippen molar-refractivity contribution in [3.8, 4) is 0 Å². The van der Waals surface area contributed by atoms with Crippen LogP contribution in [0.3, 0.4) is 0 Å². The largest absolute Gasteiger partial charge is 0.0776 e. The normalized spacial score (nSPS) is 30.9. The molecule has 13 heavy (non-hydrogen) atoms. The Bertz CT molecular complexity index is 281. The maximum absolute atomic E-state index is 2.27. The molecule has 2 atom stereocenters. The molecular weight excluding hydrogens is 156 g/mol. The van der Waals surface area contributed by atoms with Crippen molar-refractivity contribution >= 4 is 0 Å². The minimum absolute atomic E-state index is 0.647. The second kappa shape index (κ2) is 3.37. The quantitative estimate of drug-likeness (QED) is 0.596. The highest BCUT2D eigenvalue weighted by molar-refractivity contribution is 5.35. The van der Waals surface area contributed by atoms with Gasteiger partial charge < -0.3 is 0 Å². The first-order chi connectivity index (χ1) is 6.27. The molecule has 2 unspecified atom stereocenters. The van der Waals surface area contributed by atoms with E-state index in [1.807, 2.05) is 0 Å². The Morgan fingerprint density at radius 3 is 1.69 bits per heavy atom. The second-order valence-electron chi connectivity index (χ2n) is 4.01. The van der Waals surface area contributed by atoms with Crippen LogP contribution in [0.5, 0.6) is 0 Å². The van der Waals surface area contributed by atoms with Crippen molar-refractivity contribution in [2.24, 2.45) is 11.8 Å². The van der Waals surface area contributed by atoms with Crippen molar-refractivity contribution in [2.45, 2.75) is 20.3 Å². The summed E-state index contributed by atoms with van der Waals surface area (Å²) in [6.07, 6.45) is 14.6. The molecule has 0 spiro atoms. The highest BCUT2D eigenvalue weighted by Crippen LogP contribution is 2.30. The van der Waals surface area contributed by atoms with E-state index in [1.54, 1.807) is 11.1 Å². The molecule has 0 fully saturated rings. The molecule has 0 bridgehead atoms. The third kappa shape index (κ3) is 1.67. The second-order valence-corrected chi connectivity index (χ2v) is 4.01. The van der Waals surface area contributed by atoms with Gasteiger partial charge in [0.15, 0.2) is 0 Å². The predicted molar refractivity (Wildman–Crippen MR) is 57.4 cm³/mol. The molecule has 0 N–H and O–H groups in total. The molecule has 0 saturated heterocycles. The Kier molecular flexibility index (Phi) is 2.22. The van der Waals surface area contributed by atoms with Crippen molar-refractivity contribution in [1.82, 2.24) is 0 Å². The summed E-state index contributed by atoms with van der Waals surface area (Å²) in [6.45, 7) is 4.53. The van der Waals surface area contributed by atoms with Crippen molar-refractivity contribution in [1.29, 1.82) is 0 Å². The van der Waals surface area contributed by atoms with Crippen LogP contribution >= 0.6 is 0 Å². The van der Waals surface area contributed by atoms with Crippen molar-refractivity contribution in [2.75, 3.05) is 0 Å². The summed E-state index contributed by atoms with van der Waals surface area (Å²) in [5.74, 6) is 1.29. The van der Waals surface area contributed by atoms with Gasteiger partial charge in [0.2, 0.25) is 0 Å². The van der Waals surface area contributed by atoms with Crippen LogP contribution in [0.15, 0.2) is 47.6 Å². The lowest BCUT2D eigenvalue weighted by atomic mass is 9.93. The summed E-state index contributed by atoms with van der Waals surface area (Å²) < 4.78 is 0. The van der Waals surface area contributed by atoms with Gasteiger partial charge in [-0.25, -0.2) is 0 Å². The van der Waals surface area contributed by atoms with Crippen LogP contribution in [0, 0.1) is 11.8 Å². The molecule has 0 aliphatic heterocycles. The lowest BCUT2D eigenvalue weighted by Crippen LogP contribution is -1.98. The summed E-state index contributed by atoms with van der Waals surface area (Å²) >= 11 is 0. The van der Waals surface area contributed by atoms with Gasteiger partial charge in [-0.2, -0.15) is 0 Å². The molecule has 0 radical (unpaired) electrons. The fraction of sp³-hybridized carbons (Fsp3) is 0.385. The Morgan fingerprint density at radius 2 is 1.38 bits per heavy atom. The van der Waals surface area contributed by atoms with Crippen LogP contribution in [0.1, 0.15) is 20.3 Å². The summed E-state index contributed by atoms with van der Waals surface area (Å²) in [7, 11) is 0. The fourth-order valence-corrected chi connectivity index (χ4v) is 1.92. The Balaban J connectivity index is 2.00. The molecule has 2 rings (SSSR count). The lowest BCUT2D eigenvalue weighted by Gasteiger charge is -2.12.